The van der Waals surface area contributed by atoms with Gasteiger partial charge >= 0.3 is 0 Å². The van der Waals surface area contributed by atoms with Gasteiger partial charge < -0.3 is 9.47 Å². The second kappa shape index (κ2) is 6.76. The minimum absolute atomic E-state index is 0.0843. The fraction of sp³-hybridized carbons (Fsp3) is 0.235. The summed E-state index contributed by atoms with van der Waals surface area (Å²) < 4.78 is 10.9. The van der Waals surface area contributed by atoms with E-state index in [4.69, 9.17) is 9.47 Å². The van der Waals surface area contributed by atoms with Crippen LogP contribution in [0.1, 0.15) is 21.5 Å². The molecular weight excluding hydrogens is 332 g/mol. The topological polar surface area (TPSA) is 35.5 Å². The lowest BCUT2D eigenvalue weighted by Crippen LogP contribution is -2.05. The number of ether oxygens (including phenoxy) is 2. The van der Waals surface area contributed by atoms with E-state index in [0.29, 0.717) is 5.33 Å². The summed E-state index contributed by atoms with van der Waals surface area (Å²) >= 11 is 3.21. The maximum Gasteiger partial charge on any atom is 0.173 e. The van der Waals surface area contributed by atoms with Crippen molar-refractivity contribution in [2.24, 2.45) is 0 Å². The summed E-state index contributed by atoms with van der Waals surface area (Å²) in [5, 5.41) is 0.327. The Kier molecular flexibility index (Phi) is 5.02. The Morgan fingerprint density at radius 2 is 1.52 bits per heavy atom. The zero-order chi connectivity index (χ0) is 15.4. The predicted molar refractivity (Wildman–Crippen MR) is 87.1 cm³/mol. The van der Waals surface area contributed by atoms with Crippen LogP contribution < -0.4 is 9.47 Å². The number of rotatable bonds is 5. The molecule has 0 bridgehead atoms. The van der Waals surface area contributed by atoms with Crippen LogP contribution in [0.4, 0.5) is 0 Å². The van der Waals surface area contributed by atoms with E-state index >= 15 is 0 Å². The second-order valence-corrected chi connectivity index (χ2v) is 5.33. The van der Waals surface area contributed by atoms with E-state index in [-0.39, 0.29) is 5.78 Å². The van der Waals surface area contributed by atoms with E-state index in [1.165, 1.54) is 0 Å². The Hall–Kier alpha value is -1.81. The number of carbonyl (C=O) groups excluding carboxylic acids is 1. The van der Waals surface area contributed by atoms with Crippen LogP contribution in [0.5, 0.6) is 17.2 Å². The molecule has 2 rings (SSSR count). The van der Waals surface area contributed by atoms with E-state index in [1.54, 1.807) is 7.11 Å². The first-order valence-electron chi connectivity index (χ1n) is 6.57. The van der Waals surface area contributed by atoms with Crippen molar-refractivity contribution >= 4 is 21.7 Å². The minimum Gasteiger partial charge on any atom is -0.497 e. The van der Waals surface area contributed by atoms with Gasteiger partial charge in [0.25, 0.3) is 0 Å². The highest BCUT2D eigenvalue weighted by Crippen LogP contribution is 2.28. The summed E-state index contributed by atoms with van der Waals surface area (Å²) in [6.07, 6.45) is 0. The van der Waals surface area contributed by atoms with Gasteiger partial charge in [-0.2, -0.15) is 0 Å². The fourth-order valence-corrected chi connectivity index (χ4v) is 2.55. The Labute approximate surface area is 133 Å². The van der Waals surface area contributed by atoms with Crippen molar-refractivity contribution in [1.82, 2.24) is 0 Å². The highest BCUT2D eigenvalue weighted by atomic mass is 79.9. The molecule has 0 atom stereocenters. The van der Waals surface area contributed by atoms with Crippen LogP contribution in [-0.4, -0.2) is 18.2 Å². The lowest BCUT2D eigenvalue weighted by molar-refractivity contribution is 0.102. The molecule has 2 aromatic carbocycles. The molecule has 2 aromatic rings. The smallest absolute Gasteiger partial charge is 0.173 e. The van der Waals surface area contributed by atoms with Gasteiger partial charge in [-0.15, -0.1) is 0 Å². The minimum atomic E-state index is 0.0843. The van der Waals surface area contributed by atoms with Crippen molar-refractivity contribution in [3.8, 4) is 17.2 Å². The van der Waals surface area contributed by atoms with Crippen LogP contribution in [-0.2, 0) is 0 Å². The number of hydrogen-bond acceptors (Lipinski definition) is 3. The molecular formula is C17H17BrO3. The first-order valence-corrected chi connectivity index (χ1v) is 7.69. The summed E-state index contributed by atoms with van der Waals surface area (Å²) in [4.78, 5) is 11.9. The number of methoxy groups -OCH3 is 1. The van der Waals surface area contributed by atoms with Crippen molar-refractivity contribution in [2.75, 3.05) is 12.4 Å². The molecule has 0 N–H and O–H groups in total. The van der Waals surface area contributed by atoms with E-state index in [1.807, 2.05) is 50.2 Å². The molecule has 0 unspecified atom stereocenters. The van der Waals surface area contributed by atoms with Gasteiger partial charge in [-0.3, -0.25) is 4.79 Å². The number of aryl methyl sites for hydroxylation is 2. The number of benzene rings is 2. The number of ketones is 1. The maximum atomic E-state index is 11.9. The largest absolute Gasteiger partial charge is 0.497 e. The van der Waals surface area contributed by atoms with Crippen LogP contribution in [0.25, 0.3) is 0 Å². The molecule has 0 radical (unpaired) electrons. The molecule has 0 aliphatic heterocycles. The van der Waals surface area contributed by atoms with Crippen LogP contribution >= 0.6 is 15.9 Å². The van der Waals surface area contributed by atoms with Gasteiger partial charge in [0.2, 0.25) is 0 Å². The highest BCUT2D eigenvalue weighted by molar-refractivity contribution is 9.09. The third-order valence-corrected chi connectivity index (χ3v) is 3.71. The SMILES string of the molecule is COc1ccc(Oc2cc(C)c(C(=O)CBr)c(C)c2)cc1. The Morgan fingerprint density at radius 1 is 1.00 bits per heavy atom. The number of halogens is 1. The third-order valence-electron chi connectivity index (χ3n) is 3.20. The van der Waals surface area contributed by atoms with Gasteiger partial charge in [0.15, 0.2) is 5.78 Å². The van der Waals surface area contributed by atoms with Crippen molar-refractivity contribution < 1.29 is 14.3 Å². The third kappa shape index (κ3) is 3.64. The highest BCUT2D eigenvalue weighted by Gasteiger charge is 2.13. The molecule has 0 spiro atoms. The maximum absolute atomic E-state index is 11.9. The molecule has 0 aliphatic rings. The quantitative estimate of drug-likeness (QED) is 0.581. The van der Waals surface area contributed by atoms with Gasteiger partial charge in [-0.25, -0.2) is 0 Å². The van der Waals surface area contributed by atoms with Gasteiger partial charge in [0.05, 0.1) is 12.4 Å². The summed E-state index contributed by atoms with van der Waals surface area (Å²) in [7, 11) is 1.63. The number of hydrogen-bond donors (Lipinski definition) is 0. The fourth-order valence-electron chi connectivity index (χ4n) is 2.27. The Balaban J connectivity index is 2.26. The van der Waals surface area contributed by atoms with E-state index < -0.39 is 0 Å². The number of carbonyl (C=O) groups is 1. The molecule has 21 heavy (non-hydrogen) atoms. The first kappa shape index (κ1) is 15.6. The van der Waals surface area contributed by atoms with Gasteiger partial charge in [0.1, 0.15) is 17.2 Å². The zero-order valence-electron chi connectivity index (χ0n) is 12.3. The molecule has 0 aliphatic carbocycles. The summed E-state index contributed by atoms with van der Waals surface area (Å²) in [5.41, 5.74) is 2.60. The summed E-state index contributed by atoms with van der Waals surface area (Å²) in [6, 6.07) is 11.2. The molecule has 0 aromatic heterocycles. The van der Waals surface area contributed by atoms with E-state index in [2.05, 4.69) is 15.9 Å². The number of alkyl halides is 1. The molecule has 0 fully saturated rings. The van der Waals surface area contributed by atoms with Crippen molar-refractivity contribution in [3.63, 3.8) is 0 Å². The van der Waals surface area contributed by atoms with Crippen molar-refractivity contribution in [2.45, 2.75) is 13.8 Å². The Bertz CT molecular complexity index is 625. The molecule has 0 saturated carbocycles. The van der Waals surface area contributed by atoms with E-state index in [9.17, 15) is 4.79 Å². The molecule has 0 saturated heterocycles. The Morgan fingerprint density at radius 3 is 2.00 bits per heavy atom. The average Bonchev–Trinajstić information content (AvgIpc) is 2.47. The lowest BCUT2D eigenvalue weighted by Gasteiger charge is -2.12. The van der Waals surface area contributed by atoms with Crippen molar-refractivity contribution in [3.05, 3.63) is 53.1 Å². The van der Waals surface area contributed by atoms with E-state index in [0.717, 1.165) is 33.9 Å². The van der Waals surface area contributed by atoms with Gasteiger partial charge in [-0.05, 0) is 61.4 Å². The zero-order valence-corrected chi connectivity index (χ0v) is 13.9. The molecule has 3 nitrogen and oxygen atoms in total. The summed E-state index contributed by atoms with van der Waals surface area (Å²) in [6.45, 7) is 3.84. The monoisotopic (exact) mass is 348 g/mol. The normalized spacial score (nSPS) is 10.3. The molecule has 0 heterocycles. The average molecular weight is 349 g/mol. The number of Topliss-reactive ketones (excluding diaryl/α,β-unsaturated/α-hetero) is 1. The first-order chi connectivity index (χ1) is 10.0. The second-order valence-electron chi connectivity index (χ2n) is 4.77. The standard InChI is InChI=1S/C17H17BrO3/c1-11-8-15(9-12(2)17(11)16(19)10-18)21-14-6-4-13(20-3)5-7-14/h4-9H,10H2,1-3H3. The molecule has 0 amide bonds. The van der Waals surface area contributed by atoms with Gasteiger partial charge in [0, 0.05) is 5.56 Å². The summed E-state index contributed by atoms with van der Waals surface area (Å²) in [5.74, 6) is 2.32. The molecule has 110 valence electrons. The van der Waals surface area contributed by atoms with Crippen LogP contribution in [0.15, 0.2) is 36.4 Å². The van der Waals surface area contributed by atoms with Crippen LogP contribution in [0, 0.1) is 13.8 Å². The van der Waals surface area contributed by atoms with Crippen LogP contribution in [0.3, 0.4) is 0 Å². The van der Waals surface area contributed by atoms with Gasteiger partial charge in [-0.1, -0.05) is 15.9 Å². The van der Waals surface area contributed by atoms with Crippen LogP contribution in [0.2, 0.25) is 0 Å². The lowest BCUT2D eigenvalue weighted by atomic mass is 9.99. The molecule has 4 heteroatoms. The van der Waals surface area contributed by atoms with Crippen molar-refractivity contribution in [1.29, 1.82) is 0 Å². The predicted octanol–water partition coefficient (Wildman–Crippen LogP) is 4.68.